The van der Waals surface area contributed by atoms with E-state index in [1.807, 2.05) is 0 Å². The van der Waals surface area contributed by atoms with Gasteiger partial charge in [-0.05, 0) is 42.8 Å². The van der Waals surface area contributed by atoms with Crippen molar-refractivity contribution in [1.82, 2.24) is 10.3 Å². The molecule has 0 aliphatic carbocycles. The number of carbonyl (C=O) groups is 2. The number of esters is 1. The van der Waals surface area contributed by atoms with Crippen molar-refractivity contribution in [3.8, 4) is 11.8 Å². The highest BCUT2D eigenvalue weighted by molar-refractivity contribution is 9.10. The Kier molecular flexibility index (Phi) is 7.04. The summed E-state index contributed by atoms with van der Waals surface area (Å²) in [6.07, 6.45) is 0.878. The molecule has 8 heteroatoms. The van der Waals surface area contributed by atoms with Gasteiger partial charge in [-0.25, -0.2) is 14.6 Å². The molecule has 7 nitrogen and oxygen atoms in total. The van der Waals surface area contributed by atoms with Crippen LogP contribution in [0.1, 0.15) is 32.8 Å². The van der Waals surface area contributed by atoms with Gasteiger partial charge in [0.1, 0.15) is 17.5 Å². The fourth-order valence-electron chi connectivity index (χ4n) is 1.58. The van der Waals surface area contributed by atoms with E-state index in [0.717, 1.165) is 4.47 Å². The molecule has 1 rings (SSSR count). The van der Waals surface area contributed by atoms with Crippen LogP contribution in [-0.4, -0.2) is 35.8 Å². The van der Waals surface area contributed by atoms with Crippen LogP contribution in [-0.2, 0) is 14.3 Å². The van der Waals surface area contributed by atoms with Crippen LogP contribution >= 0.6 is 15.9 Å². The minimum Gasteiger partial charge on any atom is -0.467 e. The second-order valence-electron chi connectivity index (χ2n) is 5.81. The highest BCUT2D eigenvalue weighted by atomic mass is 79.9. The average Bonchev–Trinajstić information content (AvgIpc) is 2.47. The van der Waals surface area contributed by atoms with Gasteiger partial charge in [-0.1, -0.05) is 11.8 Å². The Morgan fingerprint density at radius 2 is 2.12 bits per heavy atom. The van der Waals surface area contributed by atoms with Gasteiger partial charge < -0.3 is 20.5 Å². The molecule has 1 aromatic rings. The quantitative estimate of drug-likeness (QED) is 0.598. The van der Waals surface area contributed by atoms with E-state index in [-0.39, 0.29) is 12.2 Å². The molecule has 1 atom stereocenters. The molecule has 1 aromatic heterocycles. The summed E-state index contributed by atoms with van der Waals surface area (Å²) in [7, 11) is 1.23. The maximum absolute atomic E-state index is 11.8. The number of pyridine rings is 1. The number of halogens is 1. The van der Waals surface area contributed by atoms with E-state index < -0.39 is 23.7 Å². The lowest BCUT2D eigenvalue weighted by atomic mass is 10.2. The molecule has 24 heavy (non-hydrogen) atoms. The van der Waals surface area contributed by atoms with Crippen LogP contribution in [0, 0.1) is 11.8 Å². The number of nitrogen functional groups attached to an aromatic ring is 1. The van der Waals surface area contributed by atoms with E-state index in [4.69, 9.17) is 10.5 Å². The monoisotopic (exact) mass is 397 g/mol. The number of hydrogen-bond donors (Lipinski definition) is 2. The van der Waals surface area contributed by atoms with Gasteiger partial charge in [0, 0.05) is 17.1 Å². The molecule has 130 valence electrons. The second-order valence-corrected chi connectivity index (χ2v) is 6.73. The van der Waals surface area contributed by atoms with E-state index in [1.54, 1.807) is 33.0 Å². The van der Waals surface area contributed by atoms with Crippen molar-refractivity contribution in [2.24, 2.45) is 0 Å². The van der Waals surface area contributed by atoms with Crippen LogP contribution in [0.3, 0.4) is 0 Å². The van der Waals surface area contributed by atoms with Crippen molar-refractivity contribution in [2.45, 2.75) is 38.8 Å². The summed E-state index contributed by atoms with van der Waals surface area (Å²) in [6.45, 7) is 5.17. The van der Waals surface area contributed by atoms with E-state index in [2.05, 4.69) is 42.8 Å². The van der Waals surface area contributed by atoms with Gasteiger partial charge in [-0.3, -0.25) is 0 Å². The first-order chi connectivity index (χ1) is 11.1. The van der Waals surface area contributed by atoms with Gasteiger partial charge in [-0.15, -0.1) is 0 Å². The summed E-state index contributed by atoms with van der Waals surface area (Å²) in [5.41, 5.74) is 5.57. The molecular weight excluding hydrogens is 378 g/mol. The van der Waals surface area contributed by atoms with E-state index in [1.165, 1.54) is 7.11 Å². The molecule has 0 spiro atoms. The predicted octanol–water partition coefficient (Wildman–Crippen LogP) is 2.23. The van der Waals surface area contributed by atoms with Gasteiger partial charge in [-0.2, -0.15) is 0 Å². The Bertz CT molecular complexity index is 674. The first-order valence-electron chi connectivity index (χ1n) is 7.09. The Labute approximate surface area is 149 Å². The van der Waals surface area contributed by atoms with E-state index >= 15 is 0 Å². The summed E-state index contributed by atoms with van der Waals surface area (Å²) in [5.74, 6) is 5.27. The molecule has 0 radical (unpaired) electrons. The average molecular weight is 398 g/mol. The zero-order chi connectivity index (χ0) is 18.3. The smallest absolute Gasteiger partial charge is 0.408 e. The van der Waals surface area contributed by atoms with Crippen molar-refractivity contribution in [2.75, 3.05) is 12.8 Å². The summed E-state index contributed by atoms with van der Waals surface area (Å²) in [4.78, 5) is 27.5. The molecule has 0 fully saturated rings. The molecule has 0 aromatic carbocycles. The number of nitrogens with two attached hydrogens (primary N) is 1. The minimum absolute atomic E-state index is 0.0396. The lowest BCUT2D eigenvalue weighted by molar-refractivity contribution is -0.143. The van der Waals surface area contributed by atoms with Gasteiger partial charge in [0.05, 0.1) is 12.7 Å². The van der Waals surface area contributed by atoms with Crippen molar-refractivity contribution >= 4 is 33.8 Å². The van der Waals surface area contributed by atoms with Gasteiger partial charge >= 0.3 is 12.1 Å². The largest absolute Gasteiger partial charge is 0.467 e. The molecule has 1 heterocycles. The number of carbonyl (C=O) groups excluding carboxylic acids is 2. The summed E-state index contributed by atoms with van der Waals surface area (Å²) >= 11 is 3.28. The third kappa shape index (κ3) is 6.87. The molecule has 0 aliphatic heterocycles. The minimum atomic E-state index is -0.946. The Morgan fingerprint density at radius 1 is 1.46 bits per heavy atom. The number of anilines is 1. The lowest BCUT2D eigenvalue weighted by Crippen LogP contribution is -2.43. The first kappa shape index (κ1) is 19.8. The topological polar surface area (TPSA) is 104 Å². The zero-order valence-electron chi connectivity index (χ0n) is 14.0. The number of aromatic nitrogens is 1. The molecule has 0 aliphatic rings. The van der Waals surface area contributed by atoms with Crippen LogP contribution in [0.15, 0.2) is 16.7 Å². The number of amides is 1. The molecule has 1 amide bonds. The predicted molar refractivity (Wildman–Crippen MR) is 93.0 cm³/mol. The van der Waals surface area contributed by atoms with Crippen LogP contribution in [0.4, 0.5) is 10.6 Å². The molecule has 0 unspecified atom stereocenters. The number of nitrogens with zero attached hydrogens (tertiary/aromatic N) is 1. The van der Waals surface area contributed by atoms with E-state index in [9.17, 15) is 9.59 Å². The fourth-order valence-corrected chi connectivity index (χ4v) is 1.91. The maximum atomic E-state index is 11.8. The molecule has 0 saturated carbocycles. The lowest BCUT2D eigenvalue weighted by Gasteiger charge is -2.21. The molecule has 0 bridgehead atoms. The molecular formula is C16H20BrN3O4. The van der Waals surface area contributed by atoms with Gasteiger partial charge in [0.2, 0.25) is 0 Å². The second kappa shape index (κ2) is 8.55. The number of nitrogens with one attached hydrogen (secondary N) is 1. The van der Waals surface area contributed by atoms with Crippen LogP contribution in [0.5, 0.6) is 0 Å². The molecule has 0 saturated heterocycles. The van der Waals surface area contributed by atoms with Crippen molar-refractivity contribution < 1.29 is 19.1 Å². The Hall–Kier alpha value is -2.27. The van der Waals surface area contributed by atoms with Crippen molar-refractivity contribution in [3.05, 3.63) is 22.3 Å². The Morgan fingerprint density at radius 3 is 2.71 bits per heavy atom. The third-order valence-electron chi connectivity index (χ3n) is 2.59. The number of ether oxygens (including phenoxy) is 2. The van der Waals surface area contributed by atoms with Crippen LogP contribution < -0.4 is 11.1 Å². The number of hydrogen-bond acceptors (Lipinski definition) is 6. The summed E-state index contributed by atoms with van der Waals surface area (Å²) in [6, 6.07) is 0.766. The van der Waals surface area contributed by atoms with Crippen LogP contribution in [0.2, 0.25) is 0 Å². The van der Waals surface area contributed by atoms with Crippen molar-refractivity contribution in [1.29, 1.82) is 0 Å². The number of methoxy groups -OCH3 is 1. The SMILES string of the molecule is COC(=O)[C@H](CC#Cc1cc(Br)cnc1N)NC(=O)OC(C)(C)C. The highest BCUT2D eigenvalue weighted by Gasteiger charge is 2.24. The van der Waals surface area contributed by atoms with Gasteiger partial charge in [0.25, 0.3) is 0 Å². The molecule has 3 N–H and O–H groups in total. The summed E-state index contributed by atoms with van der Waals surface area (Å²) < 4.78 is 10.5. The zero-order valence-corrected chi connectivity index (χ0v) is 15.6. The third-order valence-corrected chi connectivity index (χ3v) is 3.02. The van der Waals surface area contributed by atoms with E-state index in [0.29, 0.717) is 5.56 Å². The van der Waals surface area contributed by atoms with Gasteiger partial charge in [0.15, 0.2) is 0 Å². The summed E-state index contributed by atoms with van der Waals surface area (Å²) in [5, 5.41) is 2.44. The highest BCUT2D eigenvalue weighted by Crippen LogP contribution is 2.14. The first-order valence-corrected chi connectivity index (χ1v) is 7.89. The number of rotatable bonds is 3. The Balaban J connectivity index is 2.81. The normalized spacial score (nSPS) is 11.7. The number of alkyl carbamates (subject to hydrolysis) is 1. The fraction of sp³-hybridized carbons (Fsp3) is 0.438. The van der Waals surface area contributed by atoms with Crippen molar-refractivity contribution in [3.63, 3.8) is 0 Å². The maximum Gasteiger partial charge on any atom is 0.408 e. The standard InChI is InChI=1S/C16H20BrN3O4/c1-16(2,3)24-15(22)20-12(14(21)23-4)7-5-6-10-8-11(17)9-19-13(10)18/h8-9,12H,7H2,1-4H3,(H2,18,19)(H,20,22)/t12-/m0/s1. The van der Waals surface area contributed by atoms with Crippen LogP contribution in [0.25, 0.3) is 0 Å².